The van der Waals surface area contributed by atoms with Crippen LogP contribution in [-0.2, 0) is 4.79 Å². The monoisotopic (exact) mass is 163 g/mol. The summed E-state index contributed by atoms with van der Waals surface area (Å²) in [6.07, 6.45) is 1.34. The van der Waals surface area contributed by atoms with Crippen molar-refractivity contribution < 1.29 is 9.18 Å². The second-order valence-electron chi connectivity index (χ2n) is 2.75. The summed E-state index contributed by atoms with van der Waals surface area (Å²) < 4.78 is 12.8. The summed E-state index contributed by atoms with van der Waals surface area (Å²) in [7, 11) is 0. The molecule has 0 aromatic heterocycles. The number of carbonyl (C=O) groups excluding carboxylic acids is 1. The van der Waals surface area contributed by atoms with E-state index in [1.165, 1.54) is 18.2 Å². The molecule has 2 nitrogen and oxygen atoms in total. The van der Waals surface area contributed by atoms with Crippen LogP contribution < -0.4 is 10.6 Å². The number of nitrogens with zero attached hydrogens (tertiary/aromatic N) is 1. The van der Waals surface area contributed by atoms with Gasteiger partial charge in [0, 0.05) is 11.3 Å². The van der Waals surface area contributed by atoms with Crippen LogP contribution in [0.4, 0.5) is 4.39 Å². The van der Waals surface area contributed by atoms with Gasteiger partial charge in [0.1, 0.15) is 5.82 Å². The average Bonchev–Trinajstić information content (AvgIpc) is 2.29. The molecule has 0 unspecified atom stereocenters. The highest BCUT2D eigenvalue weighted by Crippen LogP contribution is 1.95. The van der Waals surface area contributed by atoms with Gasteiger partial charge in [0.05, 0.1) is 5.36 Å². The van der Waals surface area contributed by atoms with Gasteiger partial charge in [-0.1, -0.05) is 0 Å². The molecule has 0 fully saturated rings. The first-order valence-electron chi connectivity index (χ1n) is 3.57. The topological polar surface area (TPSA) is 29.4 Å². The first-order chi connectivity index (χ1) is 5.66. The van der Waals surface area contributed by atoms with E-state index in [2.05, 4.69) is 4.99 Å². The fraction of sp³-hybridized carbons (Fsp3) is 0.111. The van der Waals surface area contributed by atoms with E-state index >= 15 is 0 Å². The van der Waals surface area contributed by atoms with Gasteiger partial charge in [-0.3, -0.25) is 4.79 Å². The van der Waals surface area contributed by atoms with Gasteiger partial charge in [0.25, 0.3) is 5.91 Å². The fourth-order valence-electron chi connectivity index (χ4n) is 1.30. The van der Waals surface area contributed by atoms with Crippen molar-refractivity contribution in [1.82, 2.24) is 0 Å². The van der Waals surface area contributed by atoms with E-state index in [0.717, 1.165) is 0 Å². The van der Waals surface area contributed by atoms with E-state index < -0.39 is 0 Å². The molecule has 3 heteroatoms. The highest BCUT2D eigenvalue weighted by Gasteiger charge is 2.06. The van der Waals surface area contributed by atoms with E-state index in [4.69, 9.17) is 0 Å². The van der Waals surface area contributed by atoms with Crippen LogP contribution >= 0.6 is 0 Å². The van der Waals surface area contributed by atoms with Crippen LogP contribution in [0.5, 0.6) is 0 Å². The van der Waals surface area contributed by atoms with Gasteiger partial charge in [-0.15, -0.1) is 0 Å². The zero-order chi connectivity index (χ0) is 8.72. The van der Waals surface area contributed by atoms with Gasteiger partial charge < -0.3 is 0 Å². The van der Waals surface area contributed by atoms with Gasteiger partial charge >= 0.3 is 0 Å². The van der Waals surface area contributed by atoms with E-state index in [1.807, 2.05) is 0 Å². The summed E-state index contributed by atoms with van der Waals surface area (Å²) in [4.78, 5) is 14.6. The average molecular weight is 163 g/mol. The molecule has 12 heavy (non-hydrogen) atoms. The zero-order valence-electron chi connectivity index (χ0n) is 6.47. The van der Waals surface area contributed by atoms with E-state index in [9.17, 15) is 9.18 Å². The number of benzene rings is 1. The van der Waals surface area contributed by atoms with Gasteiger partial charge in [0.15, 0.2) is 0 Å². The Morgan fingerprint density at radius 1 is 1.42 bits per heavy atom. The van der Waals surface area contributed by atoms with Gasteiger partial charge in [-0.05, 0) is 24.6 Å². The maximum Gasteiger partial charge on any atom is 0.270 e. The lowest BCUT2D eigenvalue weighted by Gasteiger charge is -1.91. The highest BCUT2D eigenvalue weighted by atomic mass is 19.1. The van der Waals surface area contributed by atoms with Crippen molar-refractivity contribution in [3.8, 4) is 0 Å². The van der Waals surface area contributed by atoms with E-state index in [0.29, 0.717) is 16.1 Å². The van der Waals surface area contributed by atoms with Crippen LogP contribution in [0.25, 0.3) is 6.08 Å². The summed E-state index contributed by atoms with van der Waals surface area (Å²) in [5.41, 5.74) is 0.701. The minimum absolute atomic E-state index is 0.307. The molecule has 0 radical (unpaired) electrons. The molecule has 1 heterocycles. The standard InChI is InChI=1S/C9H6FNO/c1-5-2-7(10)3-6-4-8(12)11-9(5)6/h2-4H,1H3. The van der Waals surface area contributed by atoms with Crippen LogP contribution in [0, 0.1) is 12.7 Å². The Morgan fingerprint density at radius 2 is 2.17 bits per heavy atom. The minimum atomic E-state index is -0.326. The fourth-order valence-corrected chi connectivity index (χ4v) is 1.30. The Kier molecular flexibility index (Phi) is 1.33. The van der Waals surface area contributed by atoms with Crippen molar-refractivity contribution in [3.05, 3.63) is 34.1 Å². The third-order valence-corrected chi connectivity index (χ3v) is 1.80. The van der Waals surface area contributed by atoms with Crippen molar-refractivity contribution in [2.75, 3.05) is 0 Å². The minimum Gasteiger partial charge on any atom is -0.267 e. The van der Waals surface area contributed by atoms with Crippen molar-refractivity contribution in [2.24, 2.45) is 4.99 Å². The van der Waals surface area contributed by atoms with Crippen molar-refractivity contribution in [1.29, 1.82) is 0 Å². The summed E-state index contributed by atoms with van der Waals surface area (Å²) in [5.74, 6) is -0.633. The number of rotatable bonds is 0. The van der Waals surface area contributed by atoms with Crippen LogP contribution in [-0.4, -0.2) is 5.91 Å². The third-order valence-electron chi connectivity index (χ3n) is 1.80. The zero-order valence-corrected chi connectivity index (χ0v) is 6.47. The number of hydrogen-bond acceptors (Lipinski definition) is 1. The lowest BCUT2D eigenvalue weighted by Crippen LogP contribution is -2.24. The Hall–Kier alpha value is -1.51. The second kappa shape index (κ2) is 2.24. The molecule has 0 N–H and O–H groups in total. The lowest BCUT2D eigenvalue weighted by atomic mass is 10.2. The van der Waals surface area contributed by atoms with Gasteiger partial charge in [0.2, 0.25) is 0 Å². The van der Waals surface area contributed by atoms with Crippen LogP contribution in [0.2, 0.25) is 0 Å². The predicted octanol–water partition coefficient (Wildman–Crippen LogP) is 0.0744. The summed E-state index contributed by atoms with van der Waals surface area (Å²) in [6.45, 7) is 1.73. The Labute approximate surface area is 68.1 Å². The number of fused-ring (bicyclic) bond motifs is 1. The summed E-state index contributed by atoms with van der Waals surface area (Å²) >= 11 is 0. The number of carbonyl (C=O) groups is 1. The molecule has 1 aliphatic rings. The first kappa shape index (κ1) is 7.16. The molecule has 0 aliphatic carbocycles. The predicted molar refractivity (Wildman–Crippen MR) is 41.4 cm³/mol. The van der Waals surface area contributed by atoms with Crippen molar-refractivity contribution in [2.45, 2.75) is 6.92 Å². The molecule has 0 bridgehead atoms. The molecule has 0 saturated heterocycles. The van der Waals surface area contributed by atoms with Crippen LogP contribution in [0.15, 0.2) is 17.1 Å². The van der Waals surface area contributed by atoms with E-state index in [1.54, 1.807) is 6.92 Å². The van der Waals surface area contributed by atoms with Crippen LogP contribution in [0.1, 0.15) is 5.56 Å². The van der Waals surface area contributed by atoms with Crippen LogP contribution in [0.3, 0.4) is 0 Å². The Morgan fingerprint density at radius 3 is 2.92 bits per heavy atom. The summed E-state index contributed by atoms with van der Waals surface area (Å²) in [6, 6.07) is 2.69. The quantitative estimate of drug-likeness (QED) is 0.532. The molecule has 1 aliphatic heterocycles. The smallest absolute Gasteiger partial charge is 0.267 e. The Bertz CT molecular complexity index is 476. The Balaban J connectivity index is 2.95. The van der Waals surface area contributed by atoms with Gasteiger partial charge in [-0.2, -0.15) is 0 Å². The third kappa shape index (κ3) is 0.942. The number of aryl methyl sites for hydroxylation is 1. The molecule has 60 valence electrons. The van der Waals surface area contributed by atoms with Crippen molar-refractivity contribution in [3.63, 3.8) is 0 Å². The second-order valence-corrected chi connectivity index (χ2v) is 2.75. The number of halogens is 1. The number of amides is 1. The van der Waals surface area contributed by atoms with Gasteiger partial charge in [-0.25, -0.2) is 9.38 Å². The molecule has 0 atom stereocenters. The normalized spacial score (nSPS) is 13.7. The summed E-state index contributed by atoms with van der Waals surface area (Å²) in [5, 5.41) is 1.18. The van der Waals surface area contributed by atoms with E-state index in [-0.39, 0.29) is 11.7 Å². The molecule has 1 aromatic rings. The van der Waals surface area contributed by atoms with Crippen molar-refractivity contribution >= 4 is 12.0 Å². The highest BCUT2D eigenvalue weighted by molar-refractivity contribution is 6.06. The molecular formula is C9H6FNO. The molecule has 1 amide bonds. The molecule has 0 spiro atoms. The molecule has 1 aromatic carbocycles. The maximum absolute atomic E-state index is 12.8. The number of hydrogen-bond donors (Lipinski definition) is 0. The lowest BCUT2D eigenvalue weighted by molar-refractivity contribution is -0.112. The first-order valence-corrected chi connectivity index (χ1v) is 3.57. The largest absolute Gasteiger partial charge is 0.270 e. The molecule has 2 rings (SSSR count). The molecular weight excluding hydrogens is 157 g/mol. The SMILES string of the molecule is Cc1cc(F)cc2c1=NC(=O)C=2. The molecule has 0 saturated carbocycles. The maximum atomic E-state index is 12.8.